The van der Waals surface area contributed by atoms with E-state index in [1.54, 1.807) is 0 Å². The molecule has 0 unspecified atom stereocenters. The van der Waals surface area contributed by atoms with E-state index in [1.807, 2.05) is 0 Å². The molecule has 0 aliphatic carbocycles. The Morgan fingerprint density at radius 2 is 2.06 bits per heavy atom. The van der Waals surface area contributed by atoms with Crippen molar-refractivity contribution >= 4 is 0 Å². The van der Waals surface area contributed by atoms with Crippen LogP contribution in [-0.2, 0) is 4.74 Å². The zero-order valence-electron chi connectivity index (χ0n) is 9.36. The number of benzene rings is 1. The van der Waals surface area contributed by atoms with Crippen molar-refractivity contribution < 1.29 is 23.7 Å². The van der Waals surface area contributed by atoms with Gasteiger partial charge in [0.05, 0.1) is 18.8 Å². The molecule has 0 saturated carbocycles. The highest BCUT2D eigenvalue weighted by molar-refractivity contribution is 5.28. The fraction of sp³-hybridized carbons (Fsp3) is 0.500. The summed E-state index contributed by atoms with van der Waals surface area (Å²) >= 11 is 0. The summed E-state index contributed by atoms with van der Waals surface area (Å²) in [5, 5.41) is 18.5. The van der Waals surface area contributed by atoms with E-state index in [1.165, 1.54) is 13.0 Å². The maximum atomic E-state index is 13.6. The van der Waals surface area contributed by atoms with Gasteiger partial charge in [0.2, 0.25) is 0 Å². The third-order valence-electron chi connectivity index (χ3n) is 3.03. The standard InChI is InChI=1S/C12H14F2O3/c1-6-2-7(9(14)3-8(6)13)11-4-10(16)12(5-15)17-11/h2-3,10-12,15-16H,4-5H2,1H3/t10-,11+,12+/m0/s1. The van der Waals surface area contributed by atoms with Crippen LogP contribution in [0.25, 0.3) is 0 Å². The summed E-state index contributed by atoms with van der Waals surface area (Å²) in [6.07, 6.45) is -1.96. The molecule has 0 bridgehead atoms. The summed E-state index contributed by atoms with van der Waals surface area (Å²) in [4.78, 5) is 0. The van der Waals surface area contributed by atoms with Gasteiger partial charge >= 0.3 is 0 Å². The van der Waals surface area contributed by atoms with Crippen molar-refractivity contribution in [3.05, 3.63) is 34.9 Å². The highest BCUT2D eigenvalue weighted by Crippen LogP contribution is 2.35. The molecule has 0 aromatic heterocycles. The molecule has 1 heterocycles. The van der Waals surface area contributed by atoms with Crippen molar-refractivity contribution in [1.82, 2.24) is 0 Å². The number of hydrogen-bond donors (Lipinski definition) is 2. The van der Waals surface area contributed by atoms with Crippen LogP contribution in [0, 0.1) is 18.6 Å². The summed E-state index contributed by atoms with van der Waals surface area (Å²) in [5.41, 5.74) is 0.547. The molecule has 3 nitrogen and oxygen atoms in total. The summed E-state index contributed by atoms with van der Waals surface area (Å²) in [7, 11) is 0. The third kappa shape index (κ3) is 2.31. The van der Waals surface area contributed by atoms with Gasteiger partial charge in [0.25, 0.3) is 0 Å². The quantitative estimate of drug-likeness (QED) is 0.828. The molecule has 0 radical (unpaired) electrons. The molecule has 2 N–H and O–H groups in total. The predicted octanol–water partition coefficient (Wildman–Crippen LogP) is 1.46. The number of rotatable bonds is 2. The Morgan fingerprint density at radius 3 is 2.65 bits per heavy atom. The second-order valence-electron chi connectivity index (χ2n) is 4.27. The van der Waals surface area contributed by atoms with Crippen molar-refractivity contribution in [2.75, 3.05) is 6.61 Å². The van der Waals surface area contributed by atoms with Gasteiger partial charge in [-0.2, -0.15) is 0 Å². The first-order chi connectivity index (χ1) is 8.02. The Bertz CT molecular complexity index is 422. The molecule has 1 aliphatic rings. The van der Waals surface area contributed by atoms with Crippen LogP contribution in [0.15, 0.2) is 12.1 Å². The van der Waals surface area contributed by atoms with Crippen LogP contribution in [0.4, 0.5) is 8.78 Å². The number of halogens is 2. The number of hydrogen-bond acceptors (Lipinski definition) is 3. The first-order valence-corrected chi connectivity index (χ1v) is 5.43. The van der Waals surface area contributed by atoms with E-state index in [2.05, 4.69) is 0 Å². The lowest BCUT2D eigenvalue weighted by molar-refractivity contribution is -0.0233. The fourth-order valence-corrected chi connectivity index (χ4v) is 2.02. The van der Waals surface area contributed by atoms with Crippen LogP contribution < -0.4 is 0 Å². The first kappa shape index (κ1) is 12.4. The maximum absolute atomic E-state index is 13.6. The third-order valence-corrected chi connectivity index (χ3v) is 3.03. The van der Waals surface area contributed by atoms with Crippen molar-refractivity contribution in [2.24, 2.45) is 0 Å². The second kappa shape index (κ2) is 4.68. The van der Waals surface area contributed by atoms with Crippen molar-refractivity contribution in [3.63, 3.8) is 0 Å². The highest BCUT2D eigenvalue weighted by Gasteiger charge is 2.35. The Labute approximate surface area is 97.6 Å². The van der Waals surface area contributed by atoms with Gasteiger partial charge in [-0.25, -0.2) is 8.78 Å². The molecule has 0 spiro atoms. The lowest BCUT2D eigenvalue weighted by Crippen LogP contribution is -2.24. The fourth-order valence-electron chi connectivity index (χ4n) is 2.02. The molecule has 94 valence electrons. The van der Waals surface area contributed by atoms with E-state index in [9.17, 15) is 13.9 Å². The minimum Gasteiger partial charge on any atom is -0.394 e. The molecular weight excluding hydrogens is 230 g/mol. The molecule has 1 aromatic carbocycles. The van der Waals surface area contributed by atoms with Gasteiger partial charge in [0, 0.05) is 18.1 Å². The van der Waals surface area contributed by atoms with Gasteiger partial charge in [-0.3, -0.25) is 0 Å². The molecule has 1 saturated heterocycles. The summed E-state index contributed by atoms with van der Waals surface area (Å²) in [5.74, 6) is -1.30. The van der Waals surface area contributed by atoms with Crippen LogP contribution >= 0.6 is 0 Å². The number of aliphatic hydroxyl groups is 2. The summed E-state index contributed by atoms with van der Waals surface area (Å²) < 4.78 is 32.0. The lowest BCUT2D eigenvalue weighted by atomic mass is 10.0. The van der Waals surface area contributed by atoms with Gasteiger partial charge in [0.1, 0.15) is 17.7 Å². The van der Waals surface area contributed by atoms with Crippen LogP contribution in [0.5, 0.6) is 0 Å². The number of aryl methyl sites for hydroxylation is 1. The zero-order chi connectivity index (χ0) is 12.6. The Morgan fingerprint density at radius 1 is 1.35 bits per heavy atom. The maximum Gasteiger partial charge on any atom is 0.131 e. The van der Waals surface area contributed by atoms with Crippen molar-refractivity contribution in [1.29, 1.82) is 0 Å². The second-order valence-corrected chi connectivity index (χ2v) is 4.27. The van der Waals surface area contributed by atoms with E-state index < -0.39 is 29.9 Å². The normalized spacial score (nSPS) is 28.6. The smallest absolute Gasteiger partial charge is 0.131 e. The lowest BCUT2D eigenvalue weighted by Gasteiger charge is -2.14. The topological polar surface area (TPSA) is 49.7 Å². The van der Waals surface area contributed by atoms with E-state index >= 15 is 0 Å². The molecule has 1 fully saturated rings. The highest BCUT2D eigenvalue weighted by atomic mass is 19.1. The minimum atomic E-state index is -0.824. The van der Waals surface area contributed by atoms with Crippen LogP contribution in [-0.4, -0.2) is 29.0 Å². The average Bonchev–Trinajstić information content (AvgIpc) is 2.65. The van der Waals surface area contributed by atoms with E-state index in [4.69, 9.17) is 9.84 Å². The van der Waals surface area contributed by atoms with Gasteiger partial charge in [-0.05, 0) is 18.6 Å². The van der Waals surface area contributed by atoms with E-state index in [-0.39, 0.29) is 18.6 Å². The Hall–Kier alpha value is -1.04. The van der Waals surface area contributed by atoms with Gasteiger partial charge in [-0.1, -0.05) is 0 Å². The molecule has 5 heteroatoms. The molecular formula is C12H14F2O3. The van der Waals surface area contributed by atoms with Gasteiger partial charge in [0.15, 0.2) is 0 Å². The first-order valence-electron chi connectivity index (χ1n) is 5.43. The average molecular weight is 244 g/mol. The van der Waals surface area contributed by atoms with Gasteiger partial charge in [-0.15, -0.1) is 0 Å². The van der Waals surface area contributed by atoms with Crippen LogP contribution in [0.1, 0.15) is 23.7 Å². The van der Waals surface area contributed by atoms with E-state index in [0.717, 1.165) is 6.07 Å². The van der Waals surface area contributed by atoms with Crippen molar-refractivity contribution in [3.8, 4) is 0 Å². The summed E-state index contributed by atoms with van der Waals surface area (Å²) in [6.45, 7) is 1.21. The summed E-state index contributed by atoms with van der Waals surface area (Å²) in [6, 6.07) is 2.19. The number of ether oxygens (including phenoxy) is 1. The van der Waals surface area contributed by atoms with E-state index in [0.29, 0.717) is 5.56 Å². The molecule has 1 aliphatic heterocycles. The largest absolute Gasteiger partial charge is 0.394 e. The molecule has 2 rings (SSSR count). The Balaban J connectivity index is 2.27. The monoisotopic (exact) mass is 244 g/mol. The van der Waals surface area contributed by atoms with Crippen LogP contribution in [0.2, 0.25) is 0 Å². The molecule has 3 atom stereocenters. The molecule has 1 aromatic rings. The Kier molecular flexibility index (Phi) is 3.42. The van der Waals surface area contributed by atoms with Gasteiger partial charge < -0.3 is 14.9 Å². The number of aliphatic hydroxyl groups excluding tert-OH is 2. The molecule has 17 heavy (non-hydrogen) atoms. The predicted molar refractivity (Wildman–Crippen MR) is 56.4 cm³/mol. The van der Waals surface area contributed by atoms with Crippen LogP contribution in [0.3, 0.4) is 0 Å². The van der Waals surface area contributed by atoms with Crippen molar-refractivity contribution in [2.45, 2.75) is 31.7 Å². The SMILES string of the molecule is Cc1cc([C@H]2C[C@H](O)[C@@H](CO)O2)c(F)cc1F. The minimum absolute atomic E-state index is 0.202. The zero-order valence-corrected chi connectivity index (χ0v) is 9.36. The molecule has 0 amide bonds.